The molecule has 0 amide bonds. The van der Waals surface area contributed by atoms with Crippen molar-refractivity contribution in [1.29, 1.82) is 0 Å². The second-order valence-electron chi connectivity index (χ2n) is 3.36. The largest absolute Gasteiger partial charge is 0.291 e. The van der Waals surface area contributed by atoms with Crippen molar-refractivity contribution in [2.75, 3.05) is 31.1 Å². The van der Waals surface area contributed by atoms with Crippen LogP contribution in [-0.4, -0.2) is 40.2 Å². The fourth-order valence-corrected chi connectivity index (χ4v) is 2.86. The number of terminal acetylenes is 1. The van der Waals surface area contributed by atoms with E-state index in [0.717, 1.165) is 24.6 Å². The fraction of sp³-hybridized carbons (Fsp3) is 0.778. The van der Waals surface area contributed by atoms with Gasteiger partial charge >= 0.3 is 0 Å². The van der Waals surface area contributed by atoms with E-state index in [4.69, 9.17) is 6.42 Å². The van der Waals surface area contributed by atoms with Crippen LogP contribution in [0.3, 0.4) is 0 Å². The van der Waals surface area contributed by atoms with Gasteiger partial charge in [0.2, 0.25) is 0 Å². The molecule has 0 bridgehead atoms. The van der Waals surface area contributed by atoms with Crippen LogP contribution in [0, 0.1) is 18.3 Å². The Bertz CT molecular complexity index is 209. The Morgan fingerprint density at radius 1 is 1.75 bits per heavy atom. The summed E-state index contributed by atoms with van der Waals surface area (Å²) in [4.78, 5) is 2.20. The molecule has 2 atom stereocenters. The molecular formula is C9H15NOS. The van der Waals surface area contributed by atoms with Crippen LogP contribution in [0.25, 0.3) is 0 Å². The normalized spacial score (nSPS) is 32.3. The van der Waals surface area contributed by atoms with Gasteiger partial charge in [-0.3, -0.25) is 9.11 Å². The van der Waals surface area contributed by atoms with Gasteiger partial charge in [-0.05, 0) is 5.92 Å². The smallest absolute Gasteiger partial charge is 0.0599 e. The summed E-state index contributed by atoms with van der Waals surface area (Å²) >= 11 is 0. The lowest BCUT2D eigenvalue weighted by Gasteiger charge is -2.18. The summed E-state index contributed by atoms with van der Waals surface area (Å²) in [6.45, 7) is 4.71. The summed E-state index contributed by atoms with van der Waals surface area (Å²) < 4.78 is 11.3. The molecule has 12 heavy (non-hydrogen) atoms. The first-order valence-electron chi connectivity index (χ1n) is 4.23. The maximum atomic E-state index is 11.3. The monoisotopic (exact) mass is 185 g/mol. The molecule has 1 heterocycles. The fourth-order valence-electron chi connectivity index (χ4n) is 1.49. The predicted molar refractivity (Wildman–Crippen MR) is 52.3 cm³/mol. The molecule has 1 saturated heterocycles. The van der Waals surface area contributed by atoms with Crippen molar-refractivity contribution in [3.63, 3.8) is 0 Å². The molecule has 68 valence electrons. The SMILES string of the molecule is C#CCN1CCS(=O)CC(C)C1. The molecule has 2 unspecified atom stereocenters. The molecule has 0 aromatic carbocycles. The van der Waals surface area contributed by atoms with Gasteiger partial charge in [0.25, 0.3) is 0 Å². The molecule has 1 rings (SSSR count). The highest BCUT2D eigenvalue weighted by molar-refractivity contribution is 7.85. The van der Waals surface area contributed by atoms with Gasteiger partial charge in [-0.15, -0.1) is 6.42 Å². The van der Waals surface area contributed by atoms with Gasteiger partial charge in [0.15, 0.2) is 0 Å². The average molecular weight is 185 g/mol. The van der Waals surface area contributed by atoms with Gasteiger partial charge in [-0.1, -0.05) is 12.8 Å². The Balaban J connectivity index is 2.47. The molecule has 0 aliphatic carbocycles. The minimum atomic E-state index is -0.622. The number of rotatable bonds is 1. The van der Waals surface area contributed by atoms with E-state index in [1.54, 1.807) is 0 Å². The standard InChI is InChI=1S/C9H15NOS/c1-3-4-10-5-6-12(11)8-9(2)7-10/h1,9H,4-8H2,2H3. The Morgan fingerprint density at radius 2 is 2.50 bits per heavy atom. The summed E-state index contributed by atoms with van der Waals surface area (Å²) in [5.74, 6) is 4.76. The predicted octanol–water partition coefficient (Wildman–Crippen LogP) is 0.320. The second kappa shape index (κ2) is 4.64. The Kier molecular flexibility index (Phi) is 3.77. The molecular weight excluding hydrogens is 170 g/mol. The minimum Gasteiger partial charge on any atom is -0.291 e. The van der Waals surface area contributed by atoms with Gasteiger partial charge in [0.1, 0.15) is 0 Å². The van der Waals surface area contributed by atoms with E-state index in [2.05, 4.69) is 17.7 Å². The molecule has 3 heteroatoms. The topological polar surface area (TPSA) is 20.3 Å². The lowest BCUT2D eigenvalue weighted by atomic mass is 10.2. The van der Waals surface area contributed by atoms with Crippen LogP contribution in [0.2, 0.25) is 0 Å². The van der Waals surface area contributed by atoms with Crippen molar-refractivity contribution < 1.29 is 4.21 Å². The van der Waals surface area contributed by atoms with Crippen LogP contribution in [-0.2, 0) is 10.8 Å². The van der Waals surface area contributed by atoms with Gasteiger partial charge in [0, 0.05) is 35.4 Å². The summed E-state index contributed by atoms with van der Waals surface area (Å²) in [5.41, 5.74) is 0. The zero-order chi connectivity index (χ0) is 8.97. The molecule has 1 fully saturated rings. The molecule has 1 aliphatic heterocycles. The van der Waals surface area contributed by atoms with Crippen molar-refractivity contribution >= 4 is 10.8 Å². The van der Waals surface area contributed by atoms with E-state index < -0.39 is 10.8 Å². The Hall–Kier alpha value is -0.330. The van der Waals surface area contributed by atoms with Gasteiger partial charge in [-0.25, -0.2) is 0 Å². The second-order valence-corrected chi connectivity index (χ2v) is 4.98. The van der Waals surface area contributed by atoms with Crippen LogP contribution in [0.4, 0.5) is 0 Å². The van der Waals surface area contributed by atoms with Crippen LogP contribution in [0.1, 0.15) is 6.92 Å². The highest BCUT2D eigenvalue weighted by Gasteiger charge is 2.17. The lowest BCUT2D eigenvalue weighted by molar-refractivity contribution is 0.296. The van der Waals surface area contributed by atoms with Crippen molar-refractivity contribution in [3.8, 4) is 12.3 Å². The Labute approximate surface area is 76.8 Å². The summed E-state index contributed by atoms with van der Waals surface area (Å²) in [5, 5.41) is 0. The first-order chi connectivity index (χ1) is 5.72. The van der Waals surface area contributed by atoms with E-state index in [0.29, 0.717) is 12.5 Å². The third-order valence-electron chi connectivity index (χ3n) is 1.99. The molecule has 0 radical (unpaired) electrons. The summed E-state index contributed by atoms with van der Waals surface area (Å²) in [6.07, 6.45) is 5.22. The number of hydrogen-bond acceptors (Lipinski definition) is 2. The molecule has 0 spiro atoms. The van der Waals surface area contributed by atoms with Crippen LogP contribution in [0.15, 0.2) is 0 Å². The van der Waals surface area contributed by atoms with Crippen LogP contribution in [0.5, 0.6) is 0 Å². The highest BCUT2D eigenvalue weighted by Crippen LogP contribution is 2.07. The third kappa shape index (κ3) is 2.96. The van der Waals surface area contributed by atoms with Crippen molar-refractivity contribution in [2.24, 2.45) is 5.92 Å². The molecule has 0 N–H and O–H groups in total. The first kappa shape index (κ1) is 9.76. The van der Waals surface area contributed by atoms with E-state index in [1.165, 1.54) is 0 Å². The number of hydrogen-bond donors (Lipinski definition) is 0. The van der Waals surface area contributed by atoms with E-state index in [-0.39, 0.29) is 0 Å². The third-order valence-corrected chi connectivity index (χ3v) is 3.57. The molecule has 0 saturated carbocycles. The Morgan fingerprint density at radius 3 is 3.17 bits per heavy atom. The van der Waals surface area contributed by atoms with Gasteiger partial charge < -0.3 is 0 Å². The van der Waals surface area contributed by atoms with E-state index in [9.17, 15) is 4.21 Å². The van der Waals surface area contributed by atoms with Crippen LogP contribution >= 0.6 is 0 Å². The average Bonchev–Trinajstić information content (AvgIpc) is 2.13. The molecule has 0 aromatic heterocycles. The summed E-state index contributed by atoms with van der Waals surface area (Å²) in [7, 11) is -0.622. The van der Waals surface area contributed by atoms with Crippen LogP contribution < -0.4 is 0 Å². The van der Waals surface area contributed by atoms with Gasteiger partial charge in [-0.2, -0.15) is 0 Å². The maximum absolute atomic E-state index is 11.3. The van der Waals surface area contributed by atoms with E-state index in [1.807, 2.05) is 0 Å². The number of nitrogens with zero attached hydrogens (tertiary/aromatic N) is 1. The zero-order valence-electron chi connectivity index (χ0n) is 7.45. The van der Waals surface area contributed by atoms with Crippen molar-refractivity contribution in [2.45, 2.75) is 6.92 Å². The highest BCUT2D eigenvalue weighted by atomic mass is 32.2. The molecule has 1 aliphatic rings. The van der Waals surface area contributed by atoms with Crippen molar-refractivity contribution in [1.82, 2.24) is 4.90 Å². The minimum absolute atomic E-state index is 0.515. The molecule has 0 aromatic rings. The van der Waals surface area contributed by atoms with Gasteiger partial charge in [0.05, 0.1) is 6.54 Å². The first-order valence-corrected chi connectivity index (χ1v) is 5.72. The molecule has 2 nitrogen and oxygen atoms in total. The van der Waals surface area contributed by atoms with Crippen molar-refractivity contribution in [3.05, 3.63) is 0 Å². The summed E-state index contributed by atoms with van der Waals surface area (Å²) in [6, 6.07) is 0. The zero-order valence-corrected chi connectivity index (χ0v) is 8.27. The maximum Gasteiger partial charge on any atom is 0.0599 e. The quantitative estimate of drug-likeness (QED) is 0.548. The van der Waals surface area contributed by atoms with E-state index >= 15 is 0 Å². The lowest BCUT2D eigenvalue weighted by Crippen LogP contribution is -2.29.